The van der Waals surface area contributed by atoms with E-state index in [1.165, 1.54) is 18.4 Å². The van der Waals surface area contributed by atoms with E-state index in [0.717, 1.165) is 12.2 Å². The lowest BCUT2D eigenvalue weighted by Crippen LogP contribution is -2.14. The smallest absolute Gasteiger partial charge is 0.173 e. The number of rotatable bonds is 6. The van der Waals surface area contributed by atoms with Crippen LogP contribution in [0.2, 0.25) is 0 Å². The Labute approximate surface area is 124 Å². The zero-order valence-corrected chi connectivity index (χ0v) is 12.1. The predicted octanol–water partition coefficient (Wildman–Crippen LogP) is 3.92. The van der Waals surface area contributed by atoms with Gasteiger partial charge in [-0.05, 0) is 42.7 Å². The highest BCUT2D eigenvalue weighted by Gasteiger charge is 2.08. The summed E-state index contributed by atoms with van der Waals surface area (Å²) in [6.07, 6.45) is 3.45. The highest BCUT2D eigenvalue weighted by atomic mass is 16.5. The third-order valence-electron chi connectivity index (χ3n) is 3.24. The molecule has 0 spiro atoms. The molecule has 0 radical (unpaired) electrons. The second-order valence-corrected chi connectivity index (χ2v) is 4.83. The summed E-state index contributed by atoms with van der Waals surface area (Å²) in [6, 6.07) is 15.2. The van der Waals surface area contributed by atoms with E-state index in [2.05, 4.69) is 24.2 Å². The van der Waals surface area contributed by atoms with E-state index in [0.29, 0.717) is 11.3 Å². The summed E-state index contributed by atoms with van der Waals surface area (Å²) in [5, 5.41) is 11.8. The molecule has 0 fully saturated rings. The Bertz CT molecular complexity index is 606. The van der Waals surface area contributed by atoms with Crippen LogP contribution in [0.15, 0.2) is 53.7 Å². The summed E-state index contributed by atoms with van der Waals surface area (Å²) in [5.74, 6) is 1.33. The van der Waals surface area contributed by atoms with Crippen molar-refractivity contribution in [2.45, 2.75) is 26.2 Å². The van der Waals surface area contributed by atoms with Crippen LogP contribution >= 0.6 is 0 Å². The molecule has 4 heteroatoms. The van der Waals surface area contributed by atoms with Crippen LogP contribution < -0.4 is 10.5 Å². The lowest BCUT2D eigenvalue weighted by molar-refractivity contribution is 0.318. The fourth-order valence-electron chi connectivity index (χ4n) is 2.05. The van der Waals surface area contributed by atoms with E-state index in [1.807, 2.05) is 24.3 Å². The number of oxime groups is 1. The molecule has 2 aromatic carbocycles. The van der Waals surface area contributed by atoms with Gasteiger partial charge in [-0.25, -0.2) is 0 Å². The van der Waals surface area contributed by atoms with Gasteiger partial charge in [-0.1, -0.05) is 42.8 Å². The van der Waals surface area contributed by atoms with Crippen molar-refractivity contribution in [2.75, 3.05) is 0 Å². The fourth-order valence-corrected chi connectivity index (χ4v) is 2.05. The summed E-state index contributed by atoms with van der Waals surface area (Å²) in [7, 11) is 0. The van der Waals surface area contributed by atoms with Crippen molar-refractivity contribution in [2.24, 2.45) is 10.9 Å². The minimum atomic E-state index is 0.0326. The zero-order valence-electron chi connectivity index (χ0n) is 12.1. The Kier molecular flexibility index (Phi) is 5.21. The molecule has 0 unspecified atom stereocenters. The van der Waals surface area contributed by atoms with Gasteiger partial charge in [0.25, 0.3) is 0 Å². The molecule has 0 aliphatic carbocycles. The number of benzene rings is 2. The molecule has 3 N–H and O–H groups in total. The van der Waals surface area contributed by atoms with Crippen molar-refractivity contribution in [1.82, 2.24) is 0 Å². The van der Waals surface area contributed by atoms with Crippen LogP contribution in [0.4, 0.5) is 0 Å². The molecule has 0 saturated carbocycles. The highest BCUT2D eigenvalue weighted by Crippen LogP contribution is 2.25. The lowest BCUT2D eigenvalue weighted by atomic mass is 10.1. The van der Waals surface area contributed by atoms with E-state index < -0.39 is 0 Å². The van der Waals surface area contributed by atoms with Crippen LogP contribution in [0.5, 0.6) is 11.5 Å². The number of hydrogen-bond acceptors (Lipinski definition) is 3. The quantitative estimate of drug-likeness (QED) is 0.365. The number of hydrogen-bond donors (Lipinski definition) is 2. The van der Waals surface area contributed by atoms with Gasteiger partial charge in [0.05, 0.1) is 5.56 Å². The summed E-state index contributed by atoms with van der Waals surface area (Å²) >= 11 is 0. The average Bonchev–Trinajstić information content (AvgIpc) is 2.54. The number of unbranched alkanes of at least 4 members (excludes halogenated alkanes) is 1. The van der Waals surface area contributed by atoms with E-state index in [9.17, 15) is 0 Å². The van der Waals surface area contributed by atoms with Crippen LogP contribution in [-0.2, 0) is 6.42 Å². The SMILES string of the molecule is CCCCc1ccc(Oc2ccccc2/C(N)=N/O)cc1. The second kappa shape index (κ2) is 7.33. The van der Waals surface area contributed by atoms with Crippen molar-refractivity contribution >= 4 is 5.84 Å². The molecule has 0 amide bonds. The average molecular weight is 284 g/mol. The molecular weight excluding hydrogens is 264 g/mol. The van der Waals surface area contributed by atoms with Gasteiger partial charge in [-0.3, -0.25) is 0 Å². The fraction of sp³-hybridized carbons (Fsp3) is 0.235. The Balaban J connectivity index is 2.15. The van der Waals surface area contributed by atoms with Gasteiger partial charge in [0, 0.05) is 0 Å². The Morgan fingerprint density at radius 3 is 2.52 bits per heavy atom. The minimum Gasteiger partial charge on any atom is -0.457 e. The number of ether oxygens (including phenoxy) is 1. The van der Waals surface area contributed by atoms with Crippen molar-refractivity contribution in [3.63, 3.8) is 0 Å². The first-order valence-corrected chi connectivity index (χ1v) is 7.08. The monoisotopic (exact) mass is 284 g/mol. The van der Waals surface area contributed by atoms with Crippen LogP contribution in [0, 0.1) is 0 Å². The molecule has 110 valence electrons. The lowest BCUT2D eigenvalue weighted by Gasteiger charge is -2.10. The standard InChI is InChI=1S/C17H20N2O2/c1-2-3-6-13-9-11-14(12-10-13)21-16-8-5-4-7-15(16)17(18)19-20/h4-5,7-12,20H,2-3,6H2,1H3,(H2,18,19). The third kappa shape index (κ3) is 3.99. The maximum atomic E-state index is 8.80. The van der Waals surface area contributed by atoms with E-state index >= 15 is 0 Å². The molecule has 0 saturated heterocycles. The van der Waals surface area contributed by atoms with Gasteiger partial charge in [0.2, 0.25) is 0 Å². The van der Waals surface area contributed by atoms with Crippen LogP contribution in [0.1, 0.15) is 30.9 Å². The van der Waals surface area contributed by atoms with Crippen molar-refractivity contribution in [1.29, 1.82) is 0 Å². The van der Waals surface area contributed by atoms with Crippen molar-refractivity contribution in [3.05, 3.63) is 59.7 Å². The predicted molar refractivity (Wildman–Crippen MR) is 84.1 cm³/mol. The first-order chi connectivity index (χ1) is 10.2. The van der Waals surface area contributed by atoms with Gasteiger partial charge in [-0.15, -0.1) is 0 Å². The first kappa shape index (κ1) is 14.9. The molecule has 0 heterocycles. The number of para-hydroxylation sites is 1. The van der Waals surface area contributed by atoms with E-state index in [1.54, 1.807) is 12.1 Å². The van der Waals surface area contributed by atoms with Gasteiger partial charge in [0.1, 0.15) is 11.5 Å². The van der Waals surface area contributed by atoms with Gasteiger partial charge >= 0.3 is 0 Å². The molecule has 0 aliphatic rings. The normalized spacial score (nSPS) is 11.4. The molecule has 4 nitrogen and oxygen atoms in total. The van der Waals surface area contributed by atoms with Gasteiger partial charge < -0.3 is 15.7 Å². The zero-order chi connectivity index (χ0) is 15.1. The minimum absolute atomic E-state index is 0.0326. The molecule has 2 rings (SSSR count). The van der Waals surface area contributed by atoms with Crippen molar-refractivity contribution < 1.29 is 9.94 Å². The second-order valence-electron chi connectivity index (χ2n) is 4.83. The van der Waals surface area contributed by atoms with Gasteiger partial charge in [0.15, 0.2) is 5.84 Å². The summed E-state index contributed by atoms with van der Waals surface area (Å²) in [4.78, 5) is 0. The molecule has 0 aromatic heterocycles. The molecule has 21 heavy (non-hydrogen) atoms. The summed E-state index contributed by atoms with van der Waals surface area (Å²) in [5.41, 5.74) is 7.51. The maximum absolute atomic E-state index is 8.80. The first-order valence-electron chi connectivity index (χ1n) is 7.08. The number of amidine groups is 1. The van der Waals surface area contributed by atoms with Crippen LogP contribution in [-0.4, -0.2) is 11.0 Å². The maximum Gasteiger partial charge on any atom is 0.173 e. The van der Waals surface area contributed by atoms with Crippen molar-refractivity contribution in [3.8, 4) is 11.5 Å². The number of aryl methyl sites for hydroxylation is 1. The molecule has 0 bridgehead atoms. The summed E-state index contributed by atoms with van der Waals surface area (Å²) < 4.78 is 5.82. The summed E-state index contributed by atoms with van der Waals surface area (Å²) in [6.45, 7) is 2.18. The van der Waals surface area contributed by atoms with E-state index in [-0.39, 0.29) is 5.84 Å². The number of nitrogens with zero attached hydrogens (tertiary/aromatic N) is 1. The largest absolute Gasteiger partial charge is 0.457 e. The molecule has 0 aliphatic heterocycles. The molecule has 2 aromatic rings. The Morgan fingerprint density at radius 2 is 1.86 bits per heavy atom. The third-order valence-corrected chi connectivity index (χ3v) is 3.24. The Morgan fingerprint density at radius 1 is 1.14 bits per heavy atom. The molecular formula is C17H20N2O2. The van der Waals surface area contributed by atoms with E-state index in [4.69, 9.17) is 15.7 Å². The Hall–Kier alpha value is -2.49. The van der Waals surface area contributed by atoms with Crippen LogP contribution in [0.25, 0.3) is 0 Å². The molecule has 0 atom stereocenters. The highest BCUT2D eigenvalue weighted by molar-refractivity contribution is 5.99. The number of nitrogens with two attached hydrogens (primary N) is 1. The van der Waals surface area contributed by atoms with Gasteiger partial charge in [-0.2, -0.15) is 0 Å². The van der Waals surface area contributed by atoms with Crippen LogP contribution in [0.3, 0.4) is 0 Å². The topological polar surface area (TPSA) is 67.8 Å².